The zero-order chi connectivity index (χ0) is 20.4. The lowest BCUT2D eigenvalue weighted by Crippen LogP contribution is -2.47. The lowest BCUT2D eigenvalue weighted by atomic mass is 9.84. The van der Waals surface area contributed by atoms with E-state index in [-0.39, 0.29) is 0 Å². The summed E-state index contributed by atoms with van der Waals surface area (Å²) in [6.45, 7) is 0.816. The number of halogens is 3. The molecule has 0 amide bonds. The van der Waals surface area contributed by atoms with Crippen LogP contribution in [0, 0.1) is 18.7 Å². The van der Waals surface area contributed by atoms with Crippen LogP contribution in [0.1, 0.15) is 35.2 Å². The normalized spacial score (nSPS) is 16.9. The zero-order valence-corrected chi connectivity index (χ0v) is 15.5. The minimum atomic E-state index is -3.90. The fourth-order valence-corrected chi connectivity index (χ4v) is 3.14. The van der Waals surface area contributed by atoms with E-state index in [1.54, 1.807) is 13.0 Å². The average molecular weight is 392 g/mol. The summed E-state index contributed by atoms with van der Waals surface area (Å²) in [6, 6.07) is 6.44. The number of nitrogens with one attached hydrogen (secondary N) is 1. The summed E-state index contributed by atoms with van der Waals surface area (Å²) in [4.78, 5) is 7.55. The summed E-state index contributed by atoms with van der Waals surface area (Å²) in [6.07, 6.45) is 5.41. The Labute approximate surface area is 161 Å². The molecule has 150 valence electrons. The molecule has 0 aliphatic heterocycles. The van der Waals surface area contributed by atoms with E-state index < -0.39 is 35.1 Å². The Morgan fingerprint density at radius 3 is 2.64 bits per heavy atom. The number of nitrogens with two attached hydrogens (primary N) is 1. The number of aromatic nitrogens is 1. The average Bonchev–Trinajstić information content (AvgIpc) is 3.46. The summed E-state index contributed by atoms with van der Waals surface area (Å²) in [5.74, 6) is 0.824. The summed E-state index contributed by atoms with van der Waals surface area (Å²) in [7, 11) is 0. The van der Waals surface area contributed by atoms with Gasteiger partial charge < -0.3 is 10.5 Å². The molecule has 1 aromatic heterocycles. The van der Waals surface area contributed by atoms with Crippen LogP contribution in [-0.4, -0.2) is 23.0 Å². The Balaban J connectivity index is 2.00. The minimum absolute atomic E-state index is 0.543. The highest BCUT2D eigenvalue weighted by molar-refractivity contribution is 5.53. The third kappa shape index (κ3) is 4.02. The number of aryl methyl sites for hydroxylation is 1. The third-order valence-corrected chi connectivity index (χ3v) is 4.94. The Kier molecular flexibility index (Phi) is 5.71. The first-order valence-electron chi connectivity index (χ1n) is 9.04. The molecule has 0 saturated heterocycles. The van der Waals surface area contributed by atoms with Crippen molar-refractivity contribution in [3.8, 4) is 0 Å². The highest BCUT2D eigenvalue weighted by atomic mass is 19.3. The molecule has 1 saturated carbocycles. The van der Waals surface area contributed by atoms with Gasteiger partial charge in [-0.25, -0.2) is 10.2 Å². The number of pyridine rings is 1. The molecule has 1 fully saturated rings. The molecule has 1 aliphatic rings. The maximum Gasteiger partial charge on any atom is 0.323 e. The predicted octanol–water partition coefficient (Wildman–Crippen LogP) is 2.95. The van der Waals surface area contributed by atoms with E-state index in [1.165, 1.54) is 18.3 Å². The Bertz CT molecular complexity index is 853. The second-order valence-electron chi connectivity index (χ2n) is 7.25. The number of hydrogen-bond acceptors (Lipinski definition) is 4. The van der Waals surface area contributed by atoms with Gasteiger partial charge in [0.15, 0.2) is 5.60 Å². The van der Waals surface area contributed by atoms with Crippen LogP contribution < -0.4 is 11.3 Å². The van der Waals surface area contributed by atoms with Crippen molar-refractivity contribution in [1.82, 2.24) is 10.4 Å². The van der Waals surface area contributed by atoms with Crippen LogP contribution in [0.4, 0.5) is 13.2 Å². The van der Waals surface area contributed by atoms with E-state index in [9.17, 15) is 9.50 Å². The molecular weight excluding hydrogens is 369 g/mol. The maximum atomic E-state index is 15.4. The van der Waals surface area contributed by atoms with Crippen LogP contribution in [-0.2, 0) is 17.9 Å². The highest BCUT2D eigenvalue weighted by Crippen LogP contribution is 2.46. The number of hydrazine groups is 1. The van der Waals surface area contributed by atoms with E-state index in [4.69, 9.17) is 5.84 Å². The van der Waals surface area contributed by atoms with Gasteiger partial charge in [0.05, 0.1) is 12.9 Å². The molecule has 1 aliphatic carbocycles. The lowest BCUT2D eigenvalue weighted by molar-refractivity contribution is -0.193. The second kappa shape index (κ2) is 7.89. The van der Waals surface area contributed by atoms with Crippen molar-refractivity contribution in [2.45, 2.75) is 37.7 Å². The summed E-state index contributed by atoms with van der Waals surface area (Å²) in [5.41, 5.74) is -0.661. The molecule has 0 bridgehead atoms. The molecule has 1 unspecified atom stereocenters. The lowest BCUT2D eigenvalue weighted by Gasteiger charge is -2.35. The van der Waals surface area contributed by atoms with Crippen molar-refractivity contribution in [1.29, 1.82) is 0 Å². The molecule has 8 heteroatoms. The standard InChI is InChI=1S/C20H23F3N4O/c1-13-2-6-16(17(21)8-13)19(28,11-25-12-27-24)20(22,23)18-7-5-15(10-26-18)9-14-3-4-14/h2,5-8,10,12,14,28H,3-4,9,11,24H2,1H3,(H,25,27). The first kappa shape index (κ1) is 20.3. The van der Waals surface area contributed by atoms with Crippen molar-refractivity contribution in [2.24, 2.45) is 16.8 Å². The molecule has 3 rings (SSSR count). The summed E-state index contributed by atoms with van der Waals surface area (Å²) >= 11 is 0. The van der Waals surface area contributed by atoms with E-state index in [2.05, 4.69) is 15.4 Å². The van der Waals surface area contributed by atoms with E-state index >= 15 is 8.78 Å². The molecule has 28 heavy (non-hydrogen) atoms. The Morgan fingerprint density at radius 1 is 1.32 bits per heavy atom. The van der Waals surface area contributed by atoms with Gasteiger partial charge in [-0.05, 0) is 55.4 Å². The number of aliphatic hydroxyl groups is 1. The number of rotatable bonds is 8. The quantitative estimate of drug-likeness (QED) is 0.279. The molecule has 2 aromatic rings. The zero-order valence-electron chi connectivity index (χ0n) is 15.5. The second-order valence-corrected chi connectivity index (χ2v) is 7.25. The van der Waals surface area contributed by atoms with Crippen molar-refractivity contribution < 1.29 is 18.3 Å². The van der Waals surface area contributed by atoms with Crippen LogP contribution in [0.25, 0.3) is 0 Å². The van der Waals surface area contributed by atoms with Gasteiger partial charge in [0, 0.05) is 11.8 Å². The molecule has 0 spiro atoms. The molecule has 1 atom stereocenters. The van der Waals surface area contributed by atoms with Crippen molar-refractivity contribution in [2.75, 3.05) is 6.54 Å². The monoisotopic (exact) mass is 392 g/mol. The molecule has 4 N–H and O–H groups in total. The molecule has 1 heterocycles. The SMILES string of the molecule is Cc1ccc(C(O)(CN=CNN)C(F)(F)c2ccc(CC3CC3)cn2)c(F)c1. The van der Waals surface area contributed by atoms with Crippen molar-refractivity contribution in [3.63, 3.8) is 0 Å². The third-order valence-electron chi connectivity index (χ3n) is 4.94. The van der Waals surface area contributed by atoms with Gasteiger partial charge in [-0.3, -0.25) is 9.98 Å². The number of alkyl halides is 2. The van der Waals surface area contributed by atoms with Gasteiger partial charge in [-0.1, -0.05) is 18.2 Å². The van der Waals surface area contributed by atoms with Crippen LogP contribution in [0.3, 0.4) is 0 Å². The Hall–Kier alpha value is -2.45. The van der Waals surface area contributed by atoms with E-state index in [0.29, 0.717) is 11.5 Å². The first-order valence-corrected chi connectivity index (χ1v) is 9.04. The van der Waals surface area contributed by atoms with Crippen molar-refractivity contribution in [3.05, 3.63) is 64.7 Å². The van der Waals surface area contributed by atoms with Crippen LogP contribution in [0.2, 0.25) is 0 Å². The van der Waals surface area contributed by atoms with Crippen LogP contribution >= 0.6 is 0 Å². The smallest absolute Gasteiger partial charge is 0.323 e. The van der Waals surface area contributed by atoms with Gasteiger partial charge in [-0.2, -0.15) is 8.78 Å². The number of benzene rings is 1. The van der Waals surface area contributed by atoms with E-state index in [0.717, 1.165) is 43.3 Å². The predicted molar refractivity (Wildman–Crippen MR) is 100 cm³/mol. The molecule has 1 aromatic carbocycles. The maximum absolute atomic E-state index is 15.4. The fourth-order valence-electron chi connectivity index (χ4n) is 3.14. The fraction of sp³-hybridized carbons (Fsp3) is 0.400. The highest BCUT2D eigenvalue weighted by Gasteiger charge is 2.57. The van der Waals surface area contributed by atoms with Gasteiger partial charge in [-0.15, -0.1) is 0 Å². The molecular formula is C20H23F3N4O. The minimum Gasteiger partial charge on any atom is -0.377 e. The molecule has 5 nitrogen and oxygen atoms in total. The summed E-state index contributed by atoms with van der Waals surface area (Å²) < 4.78 is 45.3. The van der Waals surface area contributed by atoms with E-state index in [1.807, 2.05) is 0 Å². The Morgan fingerprint density at radius 2 is 2.07 bits per heavy atom. The summed E-state index contributed by atoms with van der Waals surface area (Å²) in [5, 5.41) is 11.0. The largest absolute Gasteiger partial charge is 0.377 e. The van der Waals surface area contributed by atoms with Gasteiger partial charge in [0.1, 0.15) is 11.5 Å². The van der Waals surface area contributed by atoms with Crippen LogP contribution in [0.15, 0.2) is 41.5 Å². The van der Waals surface area contributed by atoms with Gasteiger partial charge in [0.25, 0.3) is 0 Å². The number of aliphatic imine (C=N–C) groups is 1. The van der Waals surface area contributed by atoms with Gasteiger partial charge in [0.2, 0.25) is 0 Å². The first-order chi connectivity index (χ1) is 13.3. The topological polar surface area (TPSA) is 83.5 Å². The number of nitrogens with zero attached hydrogens (tertiary/aromatic N) is 2. The van der Waals surface area contributed by atoms with Gasteiger partial charge >= 0.3 is 5.92 Å². The number of hydrogen-bond donors (Lipinski definition) is 3. The molecule has 0 radical (unpaired) electrons. The van der Waals surface area contributed by atoms with Crippen LogP contribution in [0.5, 0.6) is 0 Å². The van der Waals surface area contributed by atoms with Crippen molar-refractivity contribution >= 4 is 6.34 Å².